The molecular formula is C18H33N. The van der Waals surface area contributed by atoms with E-state index in [0.29, 0.717) is 0 Å². The standard InChI is InChI=1S/C18H33N/c1-2-14-8-9-16(13-19-17-10-11-17)18(12-14)15-6-4-3-5-7-15/h14-19H,2-13H2,1H3. The molecule has 0 spiro atoms. The first-order chi connectivity index (χ1) is 9.36. The van der Waals surface area contributed by atoms with E-state index < -0.39 is 0 Å². The van der Waals surface area contributed by atoms with E-state index in [2.05, 4.69) is 12.2 Å². The van der Waals surface area contributed by atoms with E-state index in [4.69, 9.17) is 0 Å². The van der Waals surface area contributed by atoms with Gasteiger partial charge in [0.2, 0.25) is 0 Å². The number of nitrogens with one attached hydrogen (secondary N) is 1. The zero-order valence-electron chi connectivity index (χ0n) is 12.9. The van der Waals surface area contributed by atoms with Crippen molar-refractivity contribution in [3.63, 3.8) is 0 Å². The van der Waals surface area contributed by atoms with E-state index in [-0.39, 0.29) is 0 Å². The van der Waals surface area contributed by atoms with Gasteiger partial charge >= 0.3 is 0 Å². The van der Waals surface area contributed by atoms with Crippen molar-refractivity contribution in [2.24, 2.45) is 23.7 Å². The van der Waals surface area contributed by atoms with Gasteiger partial charge in [-0.05, 0) is 55.9 Å². The van der Waals surface area contributed by atoms with Crippen molar-refractivity contribution in [2.75, 3.05) is 6.54 Å². The normalized spacial score (nSPS) is 37.4. The smallest absolute Gasteiger partial charge is 0.00683 e. The molecule has 0 aromatic rings. The SMILES string of the molecule is CCC1CCC(CNC2CC2)C(C2CCCCC2)C1. The molecule has 3 aliphatic rings. The summed E-state index contributed by atoms with van der Waals surface area (Å²) in [6.45, 7) is 3.74. The van der Waals surface area contributed by atoms with Crippen LogP contribution in [-0.2, 0) is 0 Å². The summed E-state index contributed by atoms with van der Waals surface area (Å²) >= 11 is 0. The lowest BCUT2D eigenvalue weighted by atomic mass is 9.65. The Balaban J connectivity index is 1.57. The lowest BCUT2D eigenvalue weighted by Gasteiger charge is -2.42. The predicted octanol–water partition coefficient (Wildman–Crippen LogP) is 4.76. The van der Waals surface area contributed by atoms with E-state index in [1.54, 1.807) is 19.3 Å². The molecular weight excluding hydrogens is 230 g/mol. The maximum absolute atomic E-state index is 3.83. The van der Waals surface area contributed by atoms with Crippen LogP contribution in [0.3, 0.4) is 0 Å². The van der Waals surface area contributed by atoms with Gasteiger partial charge in [-0.25, -0.2) is 0 Å². The second-order valence-electron chi connectivity index (χ2n) is 7.59. The minimum Gasteiger partial charge on any atom is -0.314 e. The first kappa shape index (κ1) is 13.9. The second kappa shape index (κ2) is 6.61. The molecule has 3 unspecified atom stereocenters. The molecule has 1 nitrogen and oxygen atoms in total. The van der Waals surface area contributed by atoms with Crippen LogP contribution in [-0.4, -0.2) is 12.6 Å². The zero-order valence-corrected chi connectivity index (χ0v) is 12.9. The maximum Gasteiger partial charge on any atom is 0.00683 e. The fourth-order valence-corrected chi connectivity index (χ4v) is 4.73. The Bertz CT molecular complexity index is 265. The van der Waals surface area contributed by atoms with Crippen LogP contribution >= 0.6 is 0 Å². The van der Waals surface area contributed by atoms with Gasteiger partial charge in [0.05, 0.1) is 0 Å². The van der Waals surface area contributed by atoms with Crippen LogP contribution in [0.15, 0.2) is 0 Å². The summed E-state index contributed by atoms with van der Waals surface area (Å²) in [5.74, 6) is 4.19. The Labute approximate surface area is 119 Å². The van der Waals surface area contributed by atoms with Gasteiger partial charge in [-0.1, -0.05) is 51.9 Å². The highest BCUT2D eigenvalue weighted by atomic mass is 14.9. The predicted molar refractivity (Wildman–Crippen MR) is 82.2 cm³/mol. The van der Waals surface area contributed by atoms with Crippen molar-refractivity contribution in [3.05, 3.63) is 0 Å². The lowest BCUT2D eigenvalue weighted by Crippen LogP contribution is -2.38. The summed E-state index contributed by atoms with van der Waals surface area (Å²) in [6.07, 6.45) is 16.5. The monoisotopic (exact) mass is 263 g/mol. The van der Waals surface area contributed by atoms with Gasteiger partial charge in [-0.15, -0.1) is 0 Å². The quantitative estimate of drug-likeness (QED) is 0.754. The van der Waals surface area contributed by atoms with Gasteiger partial charge in [0, 0.05) is 6.04 Å². The second-order valence-corrected chi connectivity index (χ2v) is 7.59. The highest BCUT2D eigenvalue weighted by Gasteiger charge is 2.36. The van der Waals surface area contributed by atoms with Crippen LogP contribution in [0.4, 0.5) is 0 Å². The van der Waals surface area contributed by atoms with E-state index in [0.717, 1.165) is 29.7 Å². The lowest BCUT2D eigenvalue weighted by molar-refractivity contribution is 0.0934. The number of hydrogen-bond donors (Lipinski definition) is 1. The van der Waals surface area contributed by atoms with Gasteiger partial charge in [0.15, 0.2) is 0 Å². The van der Waals surface area contributed by atoms with Crippen LogP contribution < -0.4 is 5.32 Å². The topological polar surface area (TPSA) is 12.0 Å². The molecule has 0 bridgehead atoms. The Morgan fingerprint density at radius 3 is 2.37 bits per heavy atom. The summed E-state index contributed by atoms with van der Waals surface area (Å²) in [5, 5.41) is 3.83. The molecule has 3 atom stereocenters. The summed E-state index contributed by atoms with van der Waals surface area (Å²) in [5.41, 5.74) is 0. The fraction of sp³-hybridized carbons (Fsp3) is 1.00. The molecule has 0 aromatic heterocycles. The molecule has 0 aliphatic heterocycles. The summed E-state index contributed by atoms with van der Waals surface area (Å²) < 4.78 is 0. The Morgan fingerprint density at radius 2 is 1.68 bits per heavy atom. The minimum absolute atomic E-state index is 0.899. The molecule has 1 N–H and O–H groups in total. The molecule has 3 fully saturated rings. The number of hydrogen-bond acceptors (Lipinski definition) is 1. The number of rotatable bonds is 5. The maximum atomic E-state index is 3.83. The highest BCUT2D eigenvalue weighted by Crippen LogP contribution is 2.44. The van der Waals surface area contributed by atoms with Crippen LogP contribution in [0.2, 0.25) is 0 Å². The molecule has 3 aliphatic carbocycles. The van der Waals surface area contributed by atoms with Crippen molar-refractivity contribution in [1.29, 1.82) is 0 Å². The fourth-order valence-electron chi connectivity index (χ4n) is 4.73. The van der Waals surface area contributed by atoms with Crippen molar-refractivity contribution >= 4 is 0 Å². The Kier molecular flexibility index (Phi) is 4.84. The van der Waals surface area contributed by atoms with Crippen LogP contribution in [0.25, 0.3) is 0 Å². The molecule has 0 radical (unpaired) electrons. The molecule has 19 heavy (non-hydrogen) atoms. The molecule has 0 amide bonds. The van der Waals surface area contributed by atoms with Crippen molar-refractivity contribution in [3.8, 4) is 0 Å². The zero-order chi connectivity index (χ0) is 13.1. The molecule has 3 saturated carbocycles. The van der Waals surface area contributed by atoms with Crippen LogP contribution in [0.5, 0.6) is 0 Å². The highest BCUT2D eigenvalue weighted by molar-refractivity contribution is 4.89. The van der Waals surface area contributed by atoms with Gasteiger partial charge < -0.3 is 5.32 Å². The average molecular weight is 263 g/mol. The van der Waals surface area contributed by atoms with Crippen LogP contribution in [0, 0.1) is 23.7 Å². The summed E-state index contributed by atoms with van der Waals surface area (Å²) in [4.78, 5) is 0. The Morgan fingerprint density at radius 1 is 0.895 bits per heavy atom. The molecule has 0 heterocycles. The summed E-state index contributed by atoms with van der Waals surface area (Å²) in [6, 6.07) is 0.899. The molecule has 1 heteroatoms. The van der Waals surface area contributed by atoms with Gasteiger partial charge in [-0.2, -0.15) is 0 Å². The van der Waals surface area contributed by atoms with Crippen molar-refractivity contribution in [2.45, 2.75) is 83.6 Å². The summed E-state index contributed by atoms with van der Waals surface area (Å²) in [7, 11) is 0. The third kappa shape index (κ3) is 3.74. The first-order valence-electron chi connectivity index (χ1n) is 9.10. The van der Waals surface area contributed by atoms with Gasteiger partial charge in [-0.3, -0.25) is 0 Å². The minimum atomic E-state index is 0.899. The Hall–Kier alpha value is -0.0400. The average Bonchev–Trinajstić information content (AvgIpc) is 3.30. The van der Waals surface area contributed by atoms with Crippen molar-refractivity contribution in [1.82, 2.24) is 5.32 Å². The van der Waals surface area contributed by atoms with E-state index in [9.17, 15) is 0 Å². The van der Waals surface area contributed by atoms with E-state index in [1.807, 2.05) is 0 Å². The molecule has 110 valence electrons. The van der Waals surface area contributed by atoms with Crippen LogP contribution in [0.1, 0.15) is 77.6 Å². The molecule has 0 saturated heterocycles. The third-order valence-electron chi connectivity index (χ3n) is 6.24. The first-order valence-corrected chi connectivity index (χ1v) is 9.10. The third-order valence-corrected chi connectivity index (χ3v) is 6.24. The molecule has 0 aromatic carbocycles. The largest absolute Gasteiger partial charge is 0.314 e. The van der Waals surface area contributed by atoms with Gasteiger partial charge in [0.25, 0.3) is 0 Å². The van der Waals surface area contributed by atoms with E-state index in [1.165, 1.54) is 57.9 Å². The van der Waals surface area contributed by atoms with Crippen molar-refractivity contribution < 1.29 is 0 Å². The molecule has 3 rings (SSSR count). The van der Waals surface area contributed by atoms with Gasteiger partial charge in [0.1, 0.15) is 0 Å². The van der Waals surface area contributed by atoms with E-state index >= 15 is 0 Å².